The minimum Gasteiger partial charge on any atom is -0.330 e. The molecule has 1 heterocycles. The summed E-state index contributed by atoms with van der Waals surface area (Å²) in [4.78, 5) is 11.6. The molecule has 1 rings (SSSR count). The Balaban J connectivity index is 2.32. The van der Waals surface area contributed by atoms with Crippen molar-refractivity contribution in [3.63, 3.8) is 0 Å². The monoisotopic (exact) mass is 196 g/mol. The second-order valence-corrected chi connectivity index (χ2v) is 3.27. The molecule has 0 spiro atoms. The Bertz CT molecular complexity index is 295. The van der Waals surface area contributed by atoms with Gasteiger partial charge in [-0.15, -0.1) is 5.10 Å². The Morgan fingerprint density at radius 3 is 2.86 bits per heavy atom. The molecule has 0 fully saturated rings. The largest absolute Gasteiger partial charge is 0.330 e. The van der Waals surface area contributed by atoms with Crippen LogP contribution in [0.5, 0.6) is 0 Å². The average molecular weight is 196 g/mol. The van der Waals surface area contributed by atoms with E-state index in [0.717, 1.165) is 19.3 Å². The van der Waals surface area contributed by atoms with Gasteiger partial charge in [-0.1, -0.05) is 11.6 Å². The number of carbonyl (C=O) groups excluding carboxylic acids is 1. The maximum Gasteiger partial charge on any atom is 0.182 e. The van der Waals surface area contributed by atoms with Crippen LogP contribution in [0.15, 0.2) is 6.20 Å². The van der Waals surface area contributed by atoms with E-state index >= 15 is 0 Å². The van der Waals surface area contributed by atoms with Gasteiger partial charge in [-0.05, 0) is 19.4 Å². The van der Waals surface area contributed by atoms with Crippen molar-refractivity contribution in [1.29, 1.82) is 0 Å². The maximum absolute atomic E-state index is 11.6. The molecule has 0 aliphatic carbocycles. The van der Waals surface area contributed by atoms with E-state index in [0.29, 0.717) is 18.7 Å². The number of nitrogens with two attached hydrogens (primary N) is 1. The van der Waals surface area contributed by atoms with Crippen LogP contribution in [0.2, 0.25) is 0 Å². The van der Waals surface area contributed by atoms with E-state index in [2.05, 4.69) is 10.3 Å². The molecule has 0 aliphatic rings. The van der Waals surface area contributed by atoms with Crippen molar-refractivity contribution >= 4 is 5.78 Å². The molecular formula is C9H16N4O. The fourth-order valence-corrected chi connectivity index (χ4v) is 1.28. The molecule has 0 radical (unpaired) electrons. The molecule has 0 aromatic carbocycles. The molecule has 0 bridgehead atoms. The summed E-state index contributed by atoms with van der Waals surface area (Å²) >= 11 is 0. The summed E-state index contributed by atoms with van der Waals surface area (Å²) in [6, 6.07) is 0. The van der Waals surface area contributed by atoms with Gasteiger partial charge in [0, 0.05) is 13.5 Å². The maximum atomic E-state index is 11.6. The number of ketones is 1. The van der Waals surface area contributed by atoms with E-state index in [1.165, 1.54) is 10.9 Å². The number of unbranched alkanes of at least 4 members (excludes halogenated alkanes) is 2. The van der Waals surface area contributed by atoms with Crippen LogP contribution < -0.4 is 5.73 Å². The van der Waals surface area contributed by atoms with E-state index in [1.807, 2.05) is 0 Å². The molecule has 0 saturated carbocycles. The van der Waals surface area contributed by atoms with E-state index in [-0.39, 0.29) is 5.78 Å². The van der Waals surface area contributed by atoms with Crippen LogP contribution in [-0.4, -0.2) is 27.3 Å². The molecule has 0 atom stereocenters. The minimum atomic E-state index is 0.106. The van der Waals surface area contributed by atoms with Crippen molar-refractivity contribution in [2.75, 3.05) is 6.54 Å². The number of nitrogens with zero attached hydrogens (tertiary/aromatic N) is 3. The number of aromatic nitrogens is 3. The van der Waals surface area contributed by atoms with Crippen LogP contribution in [0.1, 0.15) is 36.2 Å². The van der Waals surface area contributed by atoms with Gasteiger partial charge in [0.1, 0.15) is 5.69 Å². The van der Waals surface area contributed by atoms with Crippen molar-refractivity contribution in [2.24, 2.45) is 12.8 Å². The van der Waals surface area contributed by atoms with Crippen molar-refractivity contribution in [2.45, 2.75) is 25.7 Å². The van der Waals surface area contributed by atoms with Crippen LogP contribution in [0, 0.1) is 0 Å². The topological polar surface area (TPSA) is 73.8 Å². The molecule has 5 nitrogen and oxygen atoms in total. The van der Waals surface area contributed by atoms with Crippen molar-refractivity contribution in [3.05, 3.63) is 11.9 Å². The molecule has 0 unspecified atom stereocenters. The molecule has 0 aliphatic heterocycles. The number of aryl methyl sites for hydroxylation is 1. The van der Waals surface area contributed by atoms with Gasteiger partial charge < -0.3 is 5.73 Å². The highest BCUT2D eigenvalue weighted by molar-refractivity contribution is 5.94. The second-order valence-electron chi connectivity index (χ2n) is 3.27. The van der Waals surface area contributed by atoms with Gasteiger partial charge in [0.05, 0.1) is 6.20 Å². The SMILES string of the molecule is Cn1nncc1C(=O)CCCCCN. The first-order valence-electron chi connectivity index (χ1n) is 4.83. The Kier molecular flexibility index (Phi) is 4.25. The third-order valence-electron chi connectivity index (χ3n) is 2.11. The predicted molar refractivity (Wildman–Crippen MR) is 52.9 cm³/mol. The number of hydrogen-bond acceptors (Lipinski definition) is 4. The van der Waals surface area contributed by atoms with Gasteiger partial charge in [0.15, 0.2) is 5.78 Å². The quantitative estimate of drug-likeness (QED) is 0.531. The van der Waals surface area contributed by atoms with Gasteiger partial charge in [-0.25, -0.2) is 4.68 Å². The van der Waals surface area contributed by atoms with E-state index in [1.54, 1.807) is 7.05 Å². The number of hydrogen-bond donors (Lipinski definition) is 1. The second kappa shape index (κ2) is 5.49. The summed E-state index contributed by atoms with van der Waals surface area (Å²) in [5.74, 6) is 0.106. The number of rotatable bonds is 6. The van der Waals surface area contributed by atoms with E-state index in [9.17, 15) is 4.79 Å². The number of carbonyl (C=O) groups is 1. The Hall–Kier alpha value is -1.23. The first-order chi connectivity index (χ1) is 6.75. The third kappa shape index (κ3) is 2.92. The molecule has 0 saturated heterocycles. The highest BCUT2D eigenvalue weighted by atomic mass is 16.1. The molecule has 5 heteroatoms. The molecule has 78 valence electrons. The lowest BCUT2D eigenvalue weighted by Crippen LogP contribution is -2.07. The van der Waals surface area contributed by atoms with E-state index in [4.69, 9.17) is 5.73 Å². The predicted octanol–water partition coefficient (Wildman–Crippen LogP) is 0.517. The van der Waals surface area contributed by atoms with Crippen LogP contribution in [0.25, 0.3) is 0 Å². The lowest BCUT2D eigenvalue weighted by atomic mass is 10.1. The van der Waals surface area contributed by atoms with Gasteiger partial charge in [-0.3, -0.25) is 4.79 Å². The molecule has 2 N–H and O–H groups in total. The van der Waals surface area contributed by atoms with Gasteiger partial charge in [0.2, 0.25) is 0 Å². The molecule has 0 amide bonds. The van der Waals surface area contributed by atoms with Gasteiger partial charge in [0.25, 0.3) is 0 Å². The standard InChI is InChI=1S/C9H16N4O/c1-13-8(7-11-12-13)9(14)5-3-2-4-6-10/h7H,2-6,10H2,1H3. The van der Waals surface area contributed by atoms with Crippen LogP contribution in [0.4, 0.5) is 0 Å². The molecule has 1 aromatic rings. The zero-order chi connectivity index (χ0) is 10.4. The fraction of sp³-hybridized carbons (Fsp3) is 0.667. The summed E-state index contributed by atoms with van der Waals surface area (Å²) in [5, 5.41) is 7.37. The minimum absolute atomic E-state index is 0.106. The fourth-order valence-electron chi connectivity index (χ4n) is 1.28. The first-order valence-corrected chi connectivity index (χ1v) is 4.83. The lowest BCUT2D eigenvalue weighted by Gasteiger charge is -1.99. The summed E-state index contributed by atoms with van der Waals surface area (Å²) in [6.07, 6.45) is 4.94. The summed E-state index contributed by atoms with van der Waals surface area (Å²) in [5.41, 5.74) is 5.94. The average Bonchev–Trinajstić information content (AvgIpc) is 2.59. The molecular weight excluding hydrogens is 180 g/mol. The summed E-state index contributed by atoms with van der Waals surface area (Å²) < 4.78 is 1.51. The van der Waals surface area contributed by atoms with Crippen LogP contribution >= 0.6 is 0 Å². The number of Topliss-reactive ketones (excluding diaryl/α,β-unsaturated/α-hetero) is 1. The van der Waals surface area contributed by atoms with Crippen molar-refractivity contribution in [3.8, 4) is 0 Å². The summed E-state index contributed by atoms with van der Waals surface area (Å²) in [6.45, 7) is 0.696. The first kappa shape index (κ1) is 10.8. The molecule has 14 heavy (non-hydrogen) atoms. The van der Waals surface area contributed by atoms with Crippen LogP contribution in [-0.2, 0) is 7.05 Å². The van der Waals surface area contributed by atoms with Crippen LogP contribution in [0.3, 0.4) is 0 Å². The van der Waals surface area contributed by atoms with Crippen molar-refractivity contribution in [1.82, 2.24) is 15.0 Å². The zero-order valence-electron chi connectivity index (χ0n) is 8.44. The van der Waals surface area contributed by atoms with Crippen molar-refractivity contribution < 1.29 is 4.79 Å². The van der Waals surface area contributed by atoms with Gasteiger partial charge >= 0.3 is 0 Å². The smallest absolute Gasteiger partial charge is 0.182 e. The zero-order valence-corrected chi connectivity index (χ0v) is 8.44. The highest BCUT2D eigenvalue weighted by Crippen LogP contribution is 2.05. The third-order valence-corrected chi connectivity index (χ3v) is 2.11. The Morgan fingerprint density at radius 1 is 1.50 bits per heavy atom. The highest BCUT2D eigenvalue weighted by Gasteiger charge is 2.09. The Morgan fingerprint density at radius 2 is 2.29 bits per heavy atom. The van der Waals surface area contributed by atoms with E-state index < -0.39 is 0 Å². The Labute approximate surface area is 83.3 Å². The lowest BCUT2D eigenvalue weighted by molar-refractivity contribution is 0.0970. The van der Waals surface area contributed by atoms with Gasteiger partial charge in [-0.2, -0.15) is 0 Å². The summed E-state index contributed by atoms with van der Waals surface area (Å²) in [7, 11) is 1.72. The molecule has 1 aromatic heterocycles. The normalized spacial score (nSPS) is 10.4.